The number of anilines is 2. The average molecular weight is 373 g/mol. The standard InChI is InChI=1S/C19H20FN3O4/c1-26-16-8-5-13(9-17(16)27-2)21-19(25)22-14-10-18(24)23(11-14)15-6-3-12(20)4-7-15/h3-9,14H,10-11H2,1-2H3,(H2,21,22,25)/t14-/m1/s1. The van der Waals surface area contributed by atoms with Gasteiger partial charge in [0, 0.05) is 30.4 Å². The number of benzene rings is 2. The van der Waals surface area contributed by atoms with Crippen LogP contribution in [0.15, 0.2) is 42.5 Å². The number of carbonyl (C=O) groups excluding carboxylic acids is 2. The van der Waals surface area contributed by atoms with Crippen molar-refractivity contribution in [3.8, 4) is 11.5 Å². The Bertz CT molecular complexity index is 841. The Morgan fingerprint density at radius 1 is 1.11 bits per heavy atom. The Kier molecular flexibility index (Phi) is 5.44. The molecule has 7 nitrogen and oxygen atoms in total. The Labute approximate surface area is 156 Å². The van der Waals surface area contributed by atoms with Crippen molar-refractivity contribution >= 4 is 23.3 Å². The van der Waals surface area contributed by atoms with Crippen LogP contribution in [0.3, 0.4) is 0 Å². The highest BCUT2D eigenvalue weighted by Crippen LogP contribution is 2.29. The highest BCUT2D eigenvalue weighted by molar-refractivity contribution is 5.97. The molecule has 1 atom stereocenters. The Balaban J connectivity index is 1.60. The first kappa shape index (κ1) is 18.5. The Hall–Kier alpha value is -3.29. The van der Waals surface area contributed by atoms with Gasteiger partial charge in [-0.25, -0.2) is 9.18 Å². The van der Waals surface area contributed by atoms with Crippen molar-refractivity contribution in [3.05, 3.63) is 48.3 Å². The number of hydrogen-bond donors (Lipinski definition) is 2. The number of rotatable bonds is 5. The molecule has 0 aliphatic carbocycles. The predicted molar refractivity (Wildman–Crippen MR) is 98.9 cm³/mol. The molecule has 1 heterocycles. The SMILES string of the molecule is COc1ccc(NC(=O)N[C@@H]2CC(=O)N(c3ccc(F)cc3)C2)cc1OC. The van der Waals surface area contributed by atoms with Gasteiger partial charge in [-0.3, -0.25) is 4.79 Å². The molecule has 1 saturated heterocycles. The summed E-state index contributed by atoms with van der Waals surface area (Å²) in [6.07, 6.45) is 0.177. The van der Waals surface area contributed by atoms with Crippen LogP contribution in [0.2, 0.25) is 0 Å². The normalized spacial score (nSPS) is 16.2. The Morgan fingerprint density at radius 2 is 1.81 bits per heavy atom. The van der Waals surface area contributed by atoms with Gasteiger partial charge in [-0.15, -0.1) is 0 Å². The van der Waals surface area contributed by atoms with Gasteiger partial charge in [0.15, 0.2) is 11.5 Å². The third-order valence-electron chi connectivity index (χ3n) is 4.24. The van der Waals surface area contributed by atoms with Crippen LogP contribution >= 0.6 is 0 Å². The maximum Gasteiger partial charge on any atom is 0.319 e. The molecule has 0 spiro atoms. The molecule has 0 bridgehead atoms. The number of nitrogens with zero attached hydrogens (tertiary/aromatic N) is 1. The number of amides is 3. The summed E-state index contributed by atoms with van der Waals surface area (Å²) in [5, 5.41) is 5.48. The molecule has 0 unspecified atom stereocenters. The number of hydrogen-bond acceptors (Lipinski definition) is 4. The minimum atomic E-state index is -0.430. The van der Waals surface area contributed by atoms with E-state index in [2.05, 4.69) is 10.6 Å². The first-order chi connectivity index (χ1) is 13.0. The van der Waals surface area contributed by atoms with Gasteiger partial charge >= 0.3 is 6.03 Å². The van der Waals surface area contributed by atoms with Crippen molar-refractivity contribution in [2.24, 2.45) is 0 Å². The quantitative estimate of drug-likeness (QED) is 0.845. The first-order valence-corrected chi connectivity index (χ1v) is 8.35. The van der Waals surface area contributed by atoms with E-state index in [0.29, 0.717) is 29.4 Å². The van der Waals surface area contributed by atoms with Gasteiger partial charge in [0.1, 0.15) is 5.82 Å². The maximum absolute atomic E-state index is 13.0. The molecule has 1 aliphatic rings. The van der Waals surface area contributed by atoms with Crippen LogP contribution in [0, 0.1) is 5.82 Å². The zero-order valence-electron chi connectivity index (χ0n) is 15.0. The van der Waals surface area contributed by atoms with Gasteiger partial charge in [-0.1, -0.05) is 0 Å². The third-order valence-corrected chi connectivity index (χ3v) is 4.24. The van der Waals surface area contributed by atoms with E-state index >= 15 is 0 Å². The third kappa shape index (κ3) is 4.28. The summed E-state index contributed by atoms with van der Waals surface area (Å²) >= 11 is 0. The number of halogens is 1. The van der Waals surface area contributed by atoms with Gasteiger partial charge in [-0.2, -0.15) is 0 Å². The van der Waals surface area contributed by atoms with E-state index in [1.54, 1.807) is 30.3 Å². The van der Waals surface area contributed by atoms with E-state index in [4.69, 9.17) is 9.47 Å². The lowest BCUT2D eigenvalue weighted by molar-refractivity contribution is -0.117. The molecule has 3 rings (SSSR count). The largest absolute Gasteiger partial charge is 0.493 e. The van der Waals surface area contributed by atoms with Crippen molar-refractivity contribution in [3.63, 3.8) is 0 Å². The number of carbonyl (C=O) groups is 2. The lowest BCUT2D eigenvalue weighted by atomic mass is 10.2. The predicted octanol–water partition coefficient (Wildman–Crippen LogP) is 2.77. The molecule has 0 aromatic heterocycles. The van der Waals surface area contributed by atoms with Gasteiger partial charge in [0.2, 0.25) is 5.91 Å². The summed E-state index contributed by atoms with van der Waals surface area (Å²) in [5.74, 6) is 0.556. The van der Waals surface area contributed by atoms with E-state index in [1.807, 2.05) is 0 Å². The summed E-state index contributed by atoms with van der Waals surface area (Å²) < 4.78 is 23.4. The zero-order chi connectivity index (χ0) is 19.4. The van der Waals surface area contributed by atoms with Crippen LogP contribution in [0.1, 0.15) is 6.42 Å². The van der Waals surface area contributed by atoms with Crippen molar-refractivity contribution in [2.75, 3.05) is 31.0 Å². The van der Waals surface area contributed by atoms with Gasteiger partial charge < -0.3 is 25.0 Å². The molecule has 0 radical (unpaired) electrons. The summed E-state index contributed by atoms with van der Waals surface area (Å²) in [4.78, 5) is 26.0. The van der Waals surface area contributed by atoms with Crippen LogP contribution < -0.4 is 25.0 Å². The summed E-state index contributed by atoms with van der Waals surface area (Å²) in [7, 11) is 3.04. The highest BCUT2D eigenvalue weighted by Gasteiger charge is 2.31. The second-order valence-corrected chi connectivity index (χ2v) is 6.05. The van der Waals surface area contributed by atoms with Gasteiger partial charge in [-0.05, 0) is 36.4 Å². The maximum atomic E-state index is 13.0. The molecule has 1 aliphatic heterocycles. The summed E-state index contributed by atoms with van der Waals surface area (Å²) in [6, 6.07) is 9.92. The lowest BCUT2D eigenvalue weighted by Crippen LogP contribution is -2.39. The van der Waals surface area contributed by atoms with Crippen molar-refractivity contribution in [2.45, 2.75) is 12.5 Å². The lowest BCUT2D eigenvalue weighted by Gasteiger charge is -2.17. The topological polar surface area (TPSA) is 79.9 Å². The van der Waals surface area contributed by atoms with E-state index in [1.165, 1.54) is 31.3 Å². The van der Waals surface area contributed by atoms with Crippen molar-refractivity contribution in [1.82, 2.24) is 5.32 Å². The first-order valence-electron chi connectivity index (χ1n) is 8.35. The van der Waals surface area contributed by atoms with Crippen LogP contribution in [0.4, 0.5) is 20.6 Å². The second-order valence-electron chi connectivity index (χ2n) is 6.05. The second kappa shape index (κ2) is 7.94. The van der Waals surface area contributed by atoms with Crippen LogP contribution in [0.25, 0.3) is 0 Å². The highest BCUT2D eigenvalue weighted by atomic mass is 19.1. The summed E-state index contributed by atoms with van der Waals surface area (Å²) in [5.41, 5.74) is 1.14. The molecular weight excluding hydrogens is 353 g/mol. The molecule has 27 heavy (non-hydrogen) atoms. The molecule has 8 heteroatoms. The van der Waals surface area contributed by atoms with Crippen molar-refractivity contribution in [1.29, 1.82) is 0 Å². The van der Waals surface area contributed by atoms with E-state index < -0.39 is 6.03 Å². The molecule has 142 valence electrons. The molecule has 3 amide bonds. The molecule has 1 fully saturated rings. The molecule has 2 aromatic rings. The smallest absolute Gasteiger partial charge is 0.319 e. The number of methoxy groups -OCH3 is 2. The fourth-order valence-corrected chi connectivity index (χ4v) is 2.94. The monoisotopic (exact) mass is 373 g/mol. The van der Waals surface area contributed by atoms with E-state index in [9.17, 15) is 14.0 Å². The fraction of sp³-hybridized carbons (Fsp3) is 0.263. The molecule has 2 N–H and O–H groups in total. The van der Waals surface area contributed by atoms with Gasteiger partial charge in [0.25, 0.3) is 0 Å². The number of ether oxygens (including phenoxy) is 2. The fourth-order valence-electron chi connectivity index (χ4n) is 2.94. The number of nitrogens with one attached hydrogen (secondary N) is 2. The van der Waals surface area contributed by atoms with Gasteiger partial charge in [0.05, 0.1) is 20.3 Å². The average Bonchev–Trinajstić information content (AvgIpc) is 3.02. The van der Waals surface area contributed by atoms with Crippen molar-refractivity contribution < 1.29 is 23.5 Å². The van der Waals surface area contributed by atoms with E-state index in [0.717, 1.165) is 0 Å². The minimum absolute atomic E-state index is 0.127. The van der Waals surface area contributed by atoms with Crippen LogP contribution in [-0.2, 0) is 4.79 Å². The van der Waals surface area contributed by atoms with Crippen LogP contribution in [-0.4, -0.2) is 38.7 Å². The molecular formula is C19H20FN3O4. The van der Waals surface area contributed by atoms with E-state index in [-0.39, 0.29) is 24.2 Å². The minimum Gasteiger partial charge on any atom is -0.493 e. The molecule has 0 saturated carbocycles. The zero-order valence-corrected chi connectivity index (χ0v) is 15.0. The van der Waals surface area contributed by atoms with Crippen LogP contribution in [0.5, 0.6) is 11.5 Å². The Morgan fingerprint density at radius 3 is 2.48 bits per heavy atom. The number of urea groups is 1. The molecule has 2 aromatic carbocycles. The summed E-state index contributed by atoms with van der Waals surface area (Å²) in [6.45, 7) is 0.323.